The Morgan fingerprint density at radius 2 is 2.16 bits per heavy atom. The molecule has 1 aromatic carbocycles. The first kappa shape index (κ1) is 14.0. The number of halogens is 2. The van der Waals surface area contributed by atoms with Crippen molar-refractivity contribution in [3.05, 3.63) is 64.7 Å². The monoisotopic (exact) mass is 279 g/mol. The maximum absolute atomic E-state index is 13.6. The van der Waals surface area contributed by atoms with Crippen molar-refractivity contribution in [1.82, 2.24) is 4.98 Å². The quantitative estimate of drug-likeness (QED) is 0.910. The van der Waals surface area contributed by atoms with Gasteiger partial charge in [-0.1, -0.05) is 23.7 Å². The first-order valence-electron chi connectivity index (χ1n) is 6.16. The number of aliphatic hydroxyl groups excluding tert-OH is 1. The molecule has 2 aromatic rings. The molecule has 2 rings (SSSR count). The Hall–Kier alpha value is -1.45. The van der Waals surface area contributed by atoms with Crippen molar-refractivity contribution in [1.29, 1.82) is 0 Å². The minimum Gasteiger partial charge on any atom is -0.393 e. The minimum atomic E-state index is -0.573. The van der Waals surface area contributed by atoms with Gasteiger partial charge < -0.3 is 5.11 Å². The summed E-state index contributed by atoms with van der Waals surface area (Å²) < 4.78 is 13.6. The van der Waals surface area contributed by atoms with Gasteiger partial charge in [-0.15, -0.1) is 0 Å². The van der Waals surface area contributed by atoms with Crippen molar-refractivity contribution in [3.63, 3.8) is 0 Å². The number of hydrogen-bond acceptors (Lipinski definition) is 2. The molecule has 1 aromatic heterocycles. The molecule has 1 unspecified atom stereocenters. The lowest BCUT2D eigenvalue weighted by Crippen LogP contribution is -2.12. The average molecular weight is 280 g/mol. The van der Waals surface area contributed by atoms with E-state index in [1.807, 2.05) is 12.1 Å². The van der Waals surface area contributed by atoms with Crippen LogP contribution in [0.25, 0.3) is 0 Å². The predicted molar refractivity (Wildman–Crippen MR) is 73.7 cm³/mol. The topological polar surface area (TPSA) is 33.1 Å². The van der Waals surface area contributed by atoms with E-state index in [2.05, 4.69) is 4.98 Å². The van der Waals surface area contributed by atoms with Gasteiger partial charge in [0.1, 0.15) is 5.82 Å². The Balaban J connectivity index is 1.89. The van der Waals surface area contributed by atoms with Gasteiger partial charge in [0.15, 0.2) is 0 Å². The van der Waals surface area contributed by atoms with Gasteiger partial charge >= 0.3 is 0 Å². The molecular formula is C15H15ClFNO. The number of rotatable bonds is 5. The Labute approximate surface area is 116 Å². The average Bonchev–Trinajstić information content (AvgIpc) is 2.41. The van der Waals surface area contributed by atoms with Crippen molar-refractivity contribution >= 4 is 11.6 Å². The van der Waals surface area contributed by atoms with E-state index in [1.165, 1.54) is 6.07 Å². The summed E-state index contributed by atoms with van der Waals surface area (Å²) in [5.74, 6) is -0.368. The van der Waals surface area contributed by atoms with Gasteiger partial charge in [0, 0.05) is 23.8 Å². The van der Waals surface area contributed by atoms with Crippen LogP contribution in [0.2, 0.25) is 5.02 Å². The molecule has 0 aliphatic carbocycles. The van der Waals surface area contributed by atoms with Crippen LogP contribution in [0.5, 0.6) is 0 Å². The summed E-state index contributed by atoms with van der Waals surface area (Å²) in [4.78, 5) is 4.01. The SMILES string of the molecule is OC(CCc1cccnc1)Cc1ccc(Cl)cc1F. The van der Waals surface area contributed by atoms with E-state index in [4.69, 9.17) is 11.6 Å². The lowest BCUT2D eigenvalue weighted by Gasteiger charge is -2.11. The molecule has 4 heteroatoms. The number of pyridine rings is 1. The van der Waals surface area contributed by atoms with Gasteiger partial charge in [-0.05, 0) is 42.2 Å². The smallest absolute Gasteiger partial charge is 0.127 e. The summed E-state index contributed by atoms with van der Waals surface area (Å²) in [6, 6.07) is 8.34. The summed E-state index contributed by atoms with van der Waals surface area (Å²) in [6.45, 7) is 0. The zero-order chi connectivity index (χ0) is 13.7. The normalized spacial score (nSPS) is 12.4. The maximum atomic E-state index is 13.6. The van der Waals surface area contributed by atoms with Crippen LogP contribution in [0.15, 0.2) is 42.7 Å². The first-order chi connectivity index (χ1) is 9.15. The van der Waals surface area contributed by atoms with Crippen LogP contribution in [0.4, 0.5) is 4.39 Å². The molecule has 0 bridgehead atoms. The predicted octanol–water partition coefficient (Wildman–Crippen LogP) is 3.41. The van der Waals surface area contributed by atoms with Crippen molar-refractivity contribution in [2.24, 2.45) is 0 Å². The van der Waals surface area contributed by atoms with Crippen molar-refractivity contribution in [3.8, 4) is 0 Å². The molecule has 1 heterocycles. The van der Waals surface area contributed by atoms with Crippen molar-refractivity contribution in [2.45, 2.75) is 25.4 Å². The van der Waals surface area contributed by atoms with Crippen LogP contribution in [0, 0.1) is 5.82 Å². The molecule has 0 amide bonds. The summed E-state index contributed by atoms with van der Waals surface area (Å²) in [5, 5.41) is 10.3. The summed E-state index contributed by atoms with van der Waals surface area (Å²) in [5.41, 5.74) is 1.56. The second-order valence-corrected chi connectivity index (χ2v) is 4.93. The largest absolute Gasteiger partial charge is 0.393 e. The fourth-order valence-corrected chi connectivity index (χ4v) is 2.08. The zero-order valence-corrected chi connectivity index (χ0v) is 11.1. The van der Waals surface area contributed by atoms with E-state index in [1.54, 1.807) is 24.5 Å². The molecule has 1 atom stereocenters. The number of aryl methyl sites for hydroxylation is 1. The van der Waals surface area contributed by atoms with E-state index < -0.39 is 6.10 Å². The van der Waals surface area contributed by atoms with Gasteiger partial charge in [-0.25, -0.2) is 4.39 Å². The van der Waals surface area contributed by atoms with Crippen molar-refractivity contribution in [2.75, 3.05) is 0 Å². The fourth-order valence-electron chi connectivity index (χ4n) is 1.92. The molecule has 2 nitrogen and oxygen atoms in total. The number of hydrogen-bond donors (Lipinski definition) is 1. The molecule has 100 valence electrons. The van der Waals surface area contributed by atoms with Crippen LogP contribution in [0.3, 0.4) is 0 Å². The third kappa shape index (κ3) is 4.30. The minimum absolute atomic E-state index is 0.295. The third-order valence-corrected chi connectivity index (χ3v) is 3.19. The van der Waals surface area contributed by atoms with Gasteiger partial charge in [0.25, 0.3) is 0 Å². The Morgan fingerprint density at radius 3 is 2.84 bits per heavy atom. The standard InChI is InChI=1S/C15H15ClFNO/c16-13-5-4-12(15(17)9-13)8-14(19)6-3-11-2-1-7-18-10-11/h1-2,4-5,7,9-10,14,19H,3,6,8H2. The van der Waals surface area contributed by atoms with E-state index in [0.29, 0.717) is 23.4 Å². The highest BCUT2D eigenvalue weighted by atomic mass is 35.5. The van der Waals surface area contributed by atoms with Crippen LogP contribution < -0.4 is 0 Å². The molecular weight excluding hydrogens is 265 g/mol. The first-order valence-corrected chi connectivity index (χ1v) is 6.54. The van der Waals surface area contributed by atoms with E-state index in [-0.39, 0.29) is 5.82 Å². The molecule has 0 saturated carbocycles. The second kappa shape index (κ2) is 6.64. The highest BCUT2D eigenvalue weighted by Gasteiger charge is 2.10. The van der Waals surface area contributed by atoms with Crippen LogP contribution in [-0.4, -0.2) is 16.2 Å². The molecule has 0 fully saturated rings. The number of aromatic nitrogens is 1. The Kier molecular flexibility index (Phi) is 4.88. The van der Waals surface area contributed by atoms with Crippen LogP contribution in [-0.2, 0) is 12.8 Å². The second-order valence-electron chi connectivity index (χ2n) is 4.49. The molecule has 0 aliphatic heterocycles. The third-order valence-electron chi connectivity index (χ3n) is 2.96. The lowest BCUT2D eigenvalue weighted by atomic mass is 10.0. The Morgan fingerprint density at radius 1 is 1.32 bits per heavy atom. The van der Waals surface area contributed by atoms with Crippen LogP contribution in [0.1, 0.15) is 17.5 Å². The van der Waals surface area contributed by atoms with Gasteiger partial charge in [0.2, 0.25) is 0 Å². The van der Waals surface area contributed by atoms with E-state index in [0.717, 1.165) is 12.0 Å². The van der Waals surface area contributed by atoms with Crippen LogP contribution >= 0.6 is 11.6 Å². The maximum Gasteiger partial charge on any atom is 0.127 e. The summed E-state index contributed by atoms with van der Waals surface area (Å²) in [7, 11) is 0. The van der Waals surface area contributed by atoms with Gasteiger partial charge in [-0.2, -0.15) is 0 Å². The molecule has 0 radical (unpaired) electrons. The fraction of sp³-hybridized carbons (Fsp3) is 0.267. The summed E-state index contributed by atoms with van der Waals surface area (Å²) in [6.07, 6.45) is 4.51. The number of aliphatic hydroxyl groups is 1. The molecule has 0 spiro atoms. The number of benzene rings is 1. The molecule has 1 N–H and O–H groups in total. The number of nitrogens with zero attached hydrogens (tertiary/aromatic N) is 1. The lowest BCUT2D eigenvalue weighted by molar-refractivity contribution is 0.164. The van der Waals surface area contributed by atoms with Gasteiger partial charge in [-0.3, -0.25) is 4.98 Å². The van der Waals surface area contributed by atoms with E-state index in [9.17, 15) is 9.50 Å². The molecule has 0 saturated heterocycles. The molecule has 19 heavy (non-hydrogen) atoms. The van der Waals surface area contributed by atoms with E-state index >= 15 is 0 Å². The van der Waals surface area contributed by atoms with Crippen molar-refractivity contribution < 1.29 is 9.50 Å². The Bertz CT molecular complexity index is 533. The summed E-state index contributed by atoms with van der Waals surface area (Å²) >= 11 is 5.69. The van der Waals surface area contributed by atoms with Gasteiger partial charge in [0.05, 0.1) is 6.10 Å². The zero-order valence-electron chi connectivity index (χ0n) is 10.4. The highest BCUT2D eigenvalue weighted by Crippen LogP contribution is 2.17. The molecule has 0 aliphatic rings. The highest BCUT2D eigenvalue weighted by molar-refractivity contribution is 6.30.